The summed E-state index contributed by atoms with van der Waals surface area (Å²) >= 11 is 0. The molecule has 0 radical (unpaired) electrons. The minimum Gasteiger partial charge on any atom is -0.497 e. The molecule has 2 rings (SSSR count). The predicted molar refractivity (Wildman–Crippen MR) is 84.4 cm³/mol. The number of ether oxygens (including phenoxy) is 1. The number of methoxy groups -OCH3 is 1. The summed E-state index contributed by atoms with van der Waals surface area (Å²) < 4.78 is 18.6. The molecule has 0 spiro atoms. The first kappa shape index (κ1) is 15.5. The van der Waals surface area contributed by atoms with Gasteiger partial charge in [-0.25, -0.2) is 4.39 Å². The molecule has 1 N–H and O–H groups in total. The van der Waals surface area contributed by atoms with Crippen molar-refractivity contribution in [2.75, 3.05) is 14.2 Å². The van der Waals surface area contributed by atoms with Crippen molar-refractivity contribution in [1.82, 2.24) is 5.32 Å². The summed E-state index contributed by atoms with van der Waals surface area (Å²) in [6, 6.07) is 13.3. The Labute approximate surface area is 126 Å². The van der Waals surface area contributed by atoms with E-state index in [0.717, 1.165) is 29.7 Å². The van der Waals surface area contributed by atoms with Gasteiger partial charge in [-0.15, -0.1) is 0 Å². The summed E-state index contributed by atoms with van der Waals surface area (Å²) in [6.45, 7) is 2.02. The second-order valence-corrected chi connectivity index (χ2v) is 5.32. The SMILES string of the molecule is CNC(Cc1cccc(OC)c1)Cc1cc(F)ccc1C. The molecule has 1 unspecified atom stereocenters. The summed E-state index contributed by atoms with van der Waals surface area (Å²) in [5, 5.41) is 3.32. The first-order valence-electron chi connectivity index (χ1n) is 7.17. The van der Waals surface area contributed by atoms with E-state index in [2.05, 4.69) is 11.4 Å². The van der Waals surface area contributed by atoms with Crippen LogP contribution in [0.4, 0.5) is 4.39 Å². The molecular weight excluding hydrogens is 265 g/mol. The highest BCUT2D eigenvalue weighted by Gasteiger charge is 2.11. The molecule has 0 aliphatic carbocycles. The van der Waals surface area contributed by atoms with Crippen LogP contribution in [0.3, 0.4) is 0 Å². The second-order valence-electron chi connectivity index (χ2n) is 5.32. The van der Waals surface area contributed by atoms with Gasteiger partial charge in [0.05, 0.1) is 7.11 Å². The maximum atomic E-state index is 13.4. The number of aryl methyl sites for hydroxylation is 1. The number of hydrogen-bond acceptors (Lipinski definition) is 2. The monoisotopic (exact) mass is 287 g/mol. The number of rotatable bonds is 6. The molecule has 0 amide bonds. The van der Waals surface area contributed by atoms with E-state index >= 15 is 0 Å². The minimum absolute atomic E-state index is 0.174. The Balaban J connectivity index is 2.10. The van der Waals surface area contributed by atoms with Crippen LogP contribution in [0.25, 0.3) is 0 Å². The fourth-order valence-corrected chi connectivity index (χ4v) is 2.49. The number of likely N-dealkylation sites (N-methyl/N-ethyl adjacent to an activating group) is 1. The van der Waals surface area contributed by atoms with Gasteiger partial charge in [-0.2, -0.15) is 0 Å². The number of benzene rings is 2. The van der Waals surface area contributed by atoms with Gasteiger partial charge < -0.3 is 10.1 Å². The van der Waals surface area contributed by atoms with Crippen molar-refractivity contribution in [3.8, 4) is 5.75 Å². The van der Waals surface area contributed by atoms with Crippen LogP contribution in [-0.4, -0.2) is 20.2 Å². The van der Waals surface area contributed by atoms with Crippen molar-refractivity contribution in [3.05, 3.63) is 65.0 Å². The van der Waals surface area contributed by atoms with Crippen LogP contribution in [0.1, 0.15) is 16.7 Å². The van der Waals surface area contributed by atoms with E-state index in [9.17, 15) is 4.39 Å². The molecular formula is C18H22FNO. The molecule has 0 saturated carbocycles. The standard InChI is InChI=1S/C18H22FNO/c1-13-7-8-16(19)11-15(13)12-17(20-2)9-14-5-4-6-18(10-14)21-3/h4-8,10-11,17,20H,9,12H2,1-3H3. The van der Waals surface area contributed by atoms with Crippen LogP contribution in [0.2, 0.25) is 0 Å². The lowest BCUT2D eigenvalue weighted by molar-refractivity contribution is 0.414. The molecule has 0 heterocycles. The van der Waals surface area contributed by atoms with Crippen LogP contribution in [0.15, 0.2) is 42.5 Å². The van der Waals surface area contributed by atoms with Gasteiger partial charge in [0.15, 0.2) is 0 Å². The van der Waals surface area contributed by atoms with E-state index < -0.39 is 0 Å². The molecule has 3 heteroatoms. The highest BCUT2D eigenvalue weighted by molar-refractivity contribution is 5.30. The average molecular weight is 287 g/mol. The normalized spacial score (nSPS) is 12.2. The average Bonchev–Trinajstić information content (AvgIpc) is 2.50. The van der Waals surface area contributed by atoms with Gasteiger partial charge in [0.25, 0.3) is 0 Å². The first-order valence-corrected chi connectivity index (χ1v) is 7.17. The number of nitrogens with one attached hydrogen (secondary N) is 1. The van der Waals surface area contributed by atoms with E-state index in [1.54, 1.807) is 13.2 Å². The smallest absolute Gasteiger partial charge is 0.123 e. The zero-order valence-electron chi connectivity index (χ0n) is 12.8. The molecule has 2 nitrogen and oxygen atoms in total. The van der Waals surface area contributed by atoms with Gasteiger partial charge in [0.1, 0.15) is 11.6 Å². The summed E-state index contributed by atoms with van der Waals surface area (Å²) in [5.41, 5.74) is 3.39. The van der Waals surface area contributed by atoms with Crippen molar-refractivity contribution in [1.29, 1.82) is 0 Å². The third-order valence-corrected chi connectivity index (χ3v) is 3.80. The zero-order valence-corrected chi connectivity index (χ0v) is 12.8. The minimum atomic E-state index is -0.174. The summed E-state index contributed by atoms with van der Waals surface area (Å²) in [4.78, 5) is 0. The molecule has 2 aromatic carbocycles. The van der Waals surface area contributed by atoms with Crippen LogP contribution >= 0.6 is 0 Å². The largest absolute Gasteiger partial charge is 0.497 e. The van der Waals surface area contributed by atoms with Crippen LogP contribution in [0.5, 0.6) is 5.75 Å². The number of halogens is 1. The van der Waals surface area contributed by atoms with Crippen LogP contribution in [0, 0.1) is 12.7 Å². The van der Waals surface area contributed by atoms with E-state index in [1.807, 2.05) is 38.2 Å². The molecule has 0 aromatic heterocycles. The van der Waals surface area contributed by atoms with E-state index in [4.69, 9.17) is 4.74 Å². The molecule has 0 fully saturated rings. The fraction of sp³-hybridized carbons (Fsp3) is 0.333. The molecule has 2 aromatic rings. The molecule has 0 bridgehead atoms. The third-order valence-electron chi connectivity index (χ3n) is 3.80. The van der Waals surface area contributed by atoms with Gasteiger partial charge in [0, 0.05) is 6.04 Å². The fourth-order valence-electron chi connectivity index (χ4n) is 2.49. The topological polar surface area (TPSA) is 21.3 Å². The van der Waals surface area contributed by atoms with E-state index in [0.29, 0.717) is 0 Å². The Morgan fingerprint density at radius 1 is 1.14 bits per heavy atom. The van der Waals surface area contributed by atoms with Gasteiger partial charge in [0.2, 0.25) is 0 Å². The third kappa shape index (κ3) is 4.30. The van der Waals surface area contributed by atoms with E-state index in [1.165, 1.54) is 11.6 Å². The highest BCUT2D eigenvalue weighted by Crippen LogP contribution is 2.17. The Kier molecular flexibility index (Phi) is 5.34. The van der Waals surface area contributed by atoms with Crippen molar-refractivity contribution in [2.45, 2.75) is 25.8 Å². The Hall–Kier alpha value is -1.87. The van der Waals surface area contributed by atoms with E-state index in [-0.39, 0.29) is 11.9 Å². The Morgan fingerprint density at radius 2 is 1.95 bits per heavy atom. The lowest BCUT2D eigenvalue weighted by atomic mass is 9.96. The van der Waals surface area contributed by atoms with Gasteiger partial charge in [-0.3, -0.25) is 0 Å². The summed E-state index contributed by atoms with van der Waals surface area (Å²) in [6.07, 6.45) is 1.68. The predicted octanol–water partition coefficient (Wildman–Crippen LogP) is 3.52. The van der Waals surface area contributed by atoms with Crippen molar-refractivity contribution in [3.63, 3.8) is 0 Å². The van der Waals surface area contributed by atoms with Gasteiger partial charge in [-0.1, -0.05) is 18.2 Å². The zero-order chi connectivity index (χ0) is 15.2. The van der Waals surface area contributed by atoms with Crippen molar-refractivity contribution in [2.24, 2.45) is 0 Å². The molecule has 21 heavy (non-hydrogen) atoms. The lowest BCUT2D eigenvalue weighted by Gasteiger charge is -2.18. The Morgan fingerprint density at radius 3 is 2.67 bits per heavy atom. The number of hydrogen-bond donors (Lipinski definition) is 1. The first-order chi connectivity index (χ1) is 10.1. The molecule has 1 atom stereocenters. The van der Waals surface area contributed by atoms with Crippen molar-refractivity contribution < 1.29 is 9.13 Å². The lowest BCUT2D eigenvalue weighted by Crippen LogP contribution is -2.30. The maximum absolute atomic E-state index is 13.4. The quantitative estimate of drug-likeness (QED) is 0.878. The maximum Gasteiger partial charge on any atom is 0.123 e. The molecule has 0 saturated heterocycles. The van der Waals surface area contributed by atoms with Crippen molar-refractivity contribution >= 4 is 0 Å². The molecule has 0 aliphatic heterocycles. The van der Waals surface area contributed by atoms with Crippen LogP contribution < -0.4 is 10.1 Å². The second kappa shape index (κ2) is 7.23. The van der Waals surface area contributed by atoms with Crippen LogP contribution in [-0.2, 0) is 12.8 Å². The molecule has 112 valence electrons. The summed E-state index contributed by atoms with van der Waals surface area (Å²) in [7, 11) is 3.62. The summed E-state index contributed by atoms with van der Waals surface area (Å²) in [5.74, 6) is 0.691. The molecule has 0 aliphatic rings. The van der Waals surface area contributed by atoms with Gasteiger partial charge in [-0.05, 0) is 67.8 Å². The van der Waals surface area contributed by atoms with Gasteiger partial charge >= 0.3 is 0 Å². The Bertz CT molecular complexity index is 598. The highest BCUT2D eigenvalue weighted by atomic mass is 19.1.